The molecule has 1 aliphatic rings. The van der Waals surface area contributed by atoms with Gasteiger partial charge >= 0.3 is 0 Å². The van der Waals surface area contributed by atoms with Crippen molar-refractivity contribution in [2.45, 2.75) is 23.7 Å². The number of nitrogens with zero attached hydrogens (tertiary/aromatic N) is 2. The van der Waals surface area contributed by atoms with Gasteiger partial charge in [0.1, 0.15) is 11.6 Å². The Bertz CT molecular complexity index is 959. The maximum Gasteiger partial charge on any atom is 0.123 e. The zero-order valence-electron chi connectivity index (χ0n) is 19.3. The fraction of sp³-hybridized carbons (Fsp3) is 0.357. The molecule has 0 aromatic heterocycles. The summed E-state index contributed by atoms with van der Waals surface area (Å²) < 4.78 is 26.9. The summed E-state index contributed by atoms with van der Waals surface area (Å²) in [6.45, 7) is 6.51. The number of benzene rings is 3. The smallest absolute Gasteiger partial charge is 0.123 e. The van der Waals surface area contributed by atoms with Crippen LogP contribution in [0.25, 0.3) is 0 Å². The van der Waals surface area contributed by atoms with E-state index in [4.69, 9.17) is 11.6 Å². The van der Waals surface area contributed by atoms with Gasteiger partial charge in [-0.3, -0.25) is 4.90 Å². The van der Waals surface area contributed by atoms with Crippen molar-refractivity contribution in [2.24, 2.45) is 0 Å². The molecule has 0 saturated carbocycles. The zero-order chi connectivity index (χ0) is 23.8. The molecule has 0 N–H and O–H groups in total. The lowest BCUT2D eigenvalue weighted by molar-refractivity contribution is 0.136. The average molecular weight is 501 g/mol. The maximum atomic E-state index is 13.4. The van der Waals surface area contributed by atoms with E-state index in [9.17, 15) is 8.78 Å². The van der Waals surface area contributed by atoms with Gasteiger partial charge in [0.05, 0.1) is 0 Å². The quantitative estimate of drug-likeness (QED) is 0.278. The molecule has 0 spiro atoms. The summed E-state index contributed by atoms with van der Waals surface area (Å²) in [5.74, 6) is 0.767. The molecule has 0 unspecified atom stereocenters. The minimum atomic E-state index is -0.231. The largest absolute Gasteiger partial charge is 0.301 e. The molecule has 3 aromatic carbocycles. The zero-order valence-corrected chi connectivity index (χ0v) is 20.9. The van der Waals surface area contributed by atoms with E-state index in [0.29, 0.717) is 0 Å². The van der Waals surface area contributed by atoms with Crippen LogP contribution in [0.2, 0.25) is 5.02 Å². The first-order valence-electron chi connectivity index (χ1n) is 11.9. The summed E-state index contributed by atoms with van der Waals surface area (Å²) in [4.78, 5) is 6.34. The Morgan fingerprint density at radius 3 is 1.74 bits per heavy atom. The number of hydrogen-bond donors (Lipinski definition) is 0. The number of thioether (sulfide) groups is 1. The van der Waals surface area contributed by atoms with Crippen molar-refractivity contribution in [1.82, 2.24) is 9.80 Å². The molecule has 0 amide bonds. The van der Waals surface area contributed by atoms with E-state index < -0.39 is 0 Å². The Kier molecular flexibility index (Phi) is 9.40. The van der Waals surface area contributed by atoms with Gasteiger partial charge in [-0.2, -0.15) is 0 Å². The SMILES string of the molecule is Fc1ccc(C(CCCN2CCN(CCSc3ccc(Cl)cc3)CC2)c2ccc(F)cc2)cc1. The van der Waals surface area contributed by atoms with Crippen molar-refractivity contribution in [1.29, 1.82) is 0 Å². The first-order chi connectivity index (χ1) is 16.6. The van der Waals surface area contributed by atoms with Crippen molar-refractivity contribution in [3.63, 3.8) is 0 Å². The first-order valence-corrected chi connectivity index (χ1v) is 13.3. The Morgan fingerprint density at radius 2 is 1.21 bits per heavy atom. The third-order valence-corrected chi connectivity index (χ3v) is 7.71. The molecule has 4 rings (SSSR count). The van der Waals surface area contributed by atoms with Crippen molar-refractivity contribution in [3.8, 4) is 0 Å². The second-order valence-electron chi connectivity index (χ2n) is 8.78. The van der Waals surface area contributed by atoms with Gasteiger partial charge in [-0.1, -0.05) is 35.9 Å². The summed E-state index contributed by atoms with van der Waals surface area (Å²) >= 11 is 7.84. The summed E-state index contributed by atoms with van der Waals surface area (Å²) in [5, 5.41) is 0.780. The number of halogens is 3. The lowest BCUT2D eigenvalue weighted by atomic mass is 9.87. The molecule has 0 aliphatic carbocycles. The summed E-state index contributed by atoms with van der Waals surface area (Å²) in [6, 6.07) is 21.5. The number of piperazine rings is 1. The van der Waals surface area contributed by atoms with E-state index in [1.165, 1.54) is 29.2 Å². The molecule has 2 nitrogen and oxygen atoms in total. The standard InChI is InChI=1S/C28H31ClF2N2S/c29-24-7-13-27(14-8-24)34-21-20-33-18-16-32(17-19-33)15-1-2-28(22-3-9-25(30)10-4-22)23-5-11-26(31)12-6-23/h3-14,28H,1-2,15-21H2. The third-order valence-electron chi connectivity index (χ3n) is 6.47. The van der Waals surface area contributed by atoms with Gasteiger partial charge in [0.15, 0.2) is 0 Å². The van der Waals surface area contributed by atoms with Gasteiger partial charge < -0.3 is 4.90 Å². The van der Waals surface area contributed by atoms with Crippen LogP contribution in [0.4, 0.5) is 8.78 Å². The average Bonchev–Trinajstić information content (AvgIpc) is 2.85. The van der Waals surface area contributed by atoms with Crippen LogP contribution in [0.15, 0.2) is 77.7 Å². The number of rotatable bonds is 10. The van der Waals surface area contributed by atoms with Gasteiger partial charge in [0, 0.05) is 54.3 Å². The van der Waals surface area contributed by atoms with E-state index in [0.717, 1.165) is 74.0 Å². The highest BCUT2D eigenvalue weighted by Gasteiger charge is 2.19. The van der Waals surface area contributed by atoms with Crippen molar-refractivity contribution >= 4 is 23.4 Å². The van der Waals surface area contributed by atoms with Crippen LogP contribution in [-0.2, 0) is 0 Å². The van der Waals surface area contributed by atoms with Crippen LogP contribution >= 0.6 is 23.4 Å². The molecule has 0 bridgehead atoms. The maximum absolute atomic E-state index is 13.4. The van der Waals surface area contributed by atoms with Crippen LogP contribution in [-0.4, -0.2) is 54.8 Å². The second kappa shape index (κ2) is 12.7. The van der Waals surface area contributed by atoms with Crippen LogP contribution in [0.1, 0.15) is 29.9 Å². The molecule has 1 fully saturated rings. The second-order valence-corrected chi connectivity index (χ2v) is 10.4. The normalized spacial score (nSPS) is 15.2. The van der Waals surface area contributed by atoms with Crippen LogP contribution in [0.5, 0.6) is 0 Å². The fourth-order valence-electron chi connectivity index (χ4n) is 4.49. The van der Waals surface area contributed by atoms with Crippen molar-refractivity contribution in [2.75, 3.05) is 45.0 Å². The van der Waals surface area contributed by atoms with E-state index in [1.807, 2.05) is 48.2 Å². The third kappa shape index (κ3) is 7.54. The summed E-state index contributed by atoms with van der Waals surface area (Å²) in [7, 11) is 0. The van der Waals surface area contributed by atoms with Gasteiger partial charge in [-0.05, 0) is 79.0 Å². The molecular formula is C28H31ClF2N2S. The molecule has 1 saturated heterocycles. The molecule has 180 valence electrons. The summed E-state index contributed by atoms with van der Waals surface area (Å²) in [5.41, 5.74) is 2.16. The highest BCUT2D eigenvalue weighted by atomic mass is 35.5. The Hall–Kier alpha value is -1.92. The predicted molar refractivity (Wildman–Crippen MR) is 139 cm³/mol. The number of hydrogen-bond acceptors (Lipinski definition) is 3. The minimum absolute atomic E-state index is 0.146. The van der Waals surface area contributed by atoms with Crippen LogP contribution in [0.3, 0.4) is 0 Å². The van der Waals surface area contributed by atoms with Crippen LogP contribution in [0, 0.1) is 11.6 Å². The van der Waals surface area contributed by atoms with E-state index in [1.54, 1.807) is 0 Å². The van der Waals surface area contributed by atoms with E-state index in [-0.39, 0.29) is 17.6 Å². The first kappa shape index (κ1) is 25.2. The molecule has 1 heterocycles. The highest BCUT2D eigenvalue weighted by Crippen LogP contribution is 2.30. The van der Waals surface area contributed by atoms with Crippen LogP contribution < -0.4 is 0 Å². The molecule has 6 heteroatoms. The van der Waals surface area contributed by atoms with E-state index >= 15 is 0 Å². The van der Waals surface area contributed by atoms with Gasteiger partial charge in [0.2, 0.25) is 0 Å². The van der Waals surface area contributed by atoms with Gasteiger partial charge in [-0.15, -0.1) is 11.8 Å². The van der Waals surface area contributed by atoms with Gasteiger partial charge in [0.25, 0.3) is 0 Å². The predicted octanol–water partition coefficient (Wildman–Crippen LogP) is 6.94. The van der Waals surface area contributed by atoms with Crippen molar-refractivity contribution in [3.05, 3.63) is 101 Å². The highest BCUT2D eigenvalue weighted by molar-refractivity contribution is 7.99. The molecular weight excluding hydrogens is 470 g/mol. The van der Waals surface area contributed by atoms with Gasteiger partial charge in [-0.25, -0.2) is 8.78 Å². The van der Waals surface area contributed by atoms with E-state index in [2.05, 4.69) is 21.9 Å². The Balaban J connectivity index is 1.21. The fourth-order valence-corrected chi connectivity index (χ4v) is 5.53. The molecule has 34 heavy (non-hydrogen) atoms. The Labute approximate surface area is 210 Å². The minimum Gasteiger partial charge on any atom is -0.301 e. The Morgan fingerprint density at radius 1 is 0.706 bits per heavy atom. The molecule has 3 aromatic rings. The molecule has 0 atom stereocenters. The topological polar surface area (TPSA) is 6.48 Å². The molecule has 1 aliphatic heterocycles. The monoisotopic (exact) mass is 500 g/mol. The molecule has 0 radical (unpaired) electrons. The lowest BCUT2D eigenvalue weighted by Crippen LogP contribution is -2.47. The van der Waals surface area contributed by atoms with Crippen molar-refractivity contribution < 1.29 is 8.78 Å². The lowest BCUT2D eigenvalue weighted by Gasteiger charge is -2.35. The summed E-state index contributed by atoms with van der Waals surface area (Å²) in [6.07, 6.45) is 2.00.